The van der Waals surface area contributed by atoms with E-state index in [4.69, 9.17) is 10.00 Å². The summed E-state index contributed by atoms with van der Waals surface area (Å²) >= 11 is 0. The van der Waals surface area contributed by atoms with Crippen LogP contribution in [0, 0.1) is 11.3 Å². The maximum absolute atomic E-state index is 8.97. The number of nitrogens with one attached hydrogen (secondary N) is 1. The van der Waals surface area contributed by atoms with E-state index in [9.17, 15) is 0 Å². The lowest BCUT2D eigenvalue weighted by molar-refractivity contribution is 0.0120. The lowest BCUT2D eigenvalue weighted by Gasteiger charge is -2.23. The standard InChI is InChI=1S/C18H22N6O/c1-23-10-14(9-20-23)11-24-6-5-18(13-24)7-16(12-25-18)22-17-4-2-3-15(8-19)21-17/h2-4,9-10,16H,5-7,11-13H2,1H3,(H,21,22)/t16-,18-/m1/s1. The first-order valence-corrected chi connectivity index (χ1v) is 8.62. The second-order valence-corrected chi connectivity index (χ2v) is 7.04. The largest absolute Gasteiger partial charge is 0.371 e. The van der Waals surface area contributed by atoms with Crippen molar-refractivity contribution in [2.75, 3.05) is 25.0 Å². The third kappa shape index (κ3) is 3.50. The molecular formula is C18H22N6O. The molecule has 2 atom stereocenters. The second kappa shape index (κ2) is 6.47. The quantitative estimate of drug-likeness (QED) is 0.911. The molecule has 2 aromatic heterocycles. The van der Waals surface area contributed by atoms with Crippen molar-refractivity contribution in [3.8, 4) is 6.07 Å². The van der Waals surface area contributed by atoms with Gasteiger partial charge in [-0.1, -0.05) is 6.07 Å². The summed E-state index contributed by atoms with van der Waals surface area (Å²) in [6.45, 7) is 3.59. The van der Waals surface area contributed by atoms with Gasteiger partial charge in [0, 0.05) is 44.9 Å². The van der Waals surface area contributed by atoms with Crippen LogP contribution in [0.1, 0.15) is 24.1 Å². The Kier molecular flexibility index (Phi) is 4.15. The molecule has 2 aromatic rings. The highest BCUT2D eigenvalue weighted by molar-refractivity contribution is 5.39. The van der Waals surface area contributed by atoms with Crippen molar-refractivity contribution in [3.05, 3.63) is 41.9 Å². The van der Waals surface area contributed by atoms with Gasteiger partial charge in [0.2, 0.25) is 0 Å². The Balaban J connectivity index is 1.35. The first kappa shape index (κ1) is 16.1. The van der Waals surface area contributed by atoms with Gasteiger partial charge < -0.3 is 10.1 Å². The molecule has 1 spiro atoms. The molecule has 7 nitrogen and oxygen atoms in total. The van der Waals surface area contributed by atoms with Crippen molar-refractivity contribution in [3.63, 3.8) is 0 Å². The molecule has 2 saturated heterocycles. The van der Waals surface area contributed by atoms with E-state index < -0.39 is 0 Å². The van der Waals surface area contributed by atoms with Crippen LogP contribution in [0.5, 0.6) is 0 Å². The van der Waals surface area contributed by atoms with E-state index in [-0.39, 0.29) is 11.6 Å². The first-order valence-electron chi connectivity index (χ1n) is 8.62. The van der Waals surface area contributed by atoms with E-state index in [0.29, 0.717) is 12.3 Å². The van der Waals surface area contributed by atoms with E-state index >= 15 is 0 Å². The Morgan fingerprint density at radius 2 is 2.40 bits per heavy atom. The molecule has 0 saturated carbocycles. The van der Waals surface area contributed by atoms with Crippen molar-refractivity contribution in [2.45, 2.75) is 31.0 Å². The molecule has 2 fully saturated rings. The molecule has 0 aromatic carbocycles. The number of aryl methyl sites for hydroxylation is 1. The van der Waals surface area contributed by atoms with E-state index in [0.717, 1.165) is 38.3 Å². The summed E-state index contributed by atoms with van der Waals surface area (Å²) in [5, 5.41) is 16.6. The Hall–Kier alpha value is -2.43. The van der Waals surface area contributed by atoms with Crippen molar-refractivity contribution in [2.24, 2.45) is 7.05 Å². The van der Waals surface area contributed by atoms with Crippen LogP contribution < -0.4 is 5.32 Å². The zero-order chi connectivity index (χ0) is 17.3. The average Bonchev–Trinajstić information content (AvgIpc) is 3.31. The van der Waals surface area contributed by atoms with Crippen LogP contribution in [-0.2, 0) is 18.3 Å². The maximum Gasteiger partial charge on any atom is 0.142 e. The van der Waals surface area contributed by atoms with E-state index in [1.165, 1.54) is 5.56 Å². The Morgan fingerprint density at radius 1 is 1.48 bits per heavy atom. The number of nitrogens with zero attached hydrogens (tertiary/aromatic N) is 5. The molecule has 2 aliphatic heterocycles. The lowest BCUT2D eigenvalue weighted by atomic mass is 9.97. The van der Waals surface area contributed by atoms with Gasteiger partial charge in [-0.3, -0.25) is 9.58 Å². The van der Waals surface area contributed by atoms with Crippen LogP contribution in [0.3, 0.4) is 0 Å². The van der Waals surface area contributed by atoms with Gasteiger partial charge in [-0.25, -0.2) is 4.98 Å². The number of rotatable bonds is 4. The lowest BCUT2D eigenvalue weighted by Crippen LogP contribution is -2.33. The predicted octanol–water partition coefficient (Wildman–Crippen LogP) is 1.53. The summed E-state index contributed by atoms with van der Waals surface area (Å²) < 4.78 is 8.04. The van der Waals surface area contributed by atoms with E-state index in [1.54, 1.807) is 6.07 Å². The summed E-state index contributed by atoms with van der Waals surface area (Å²) in [6.07, 6.45) is 6.02. The fraction of sp³-hybridized carbons (Fsp3) is 0.500. The zero-order valence-electron chi connectivity index (χ0n) is 14.4. The van der Waals surface area contributed by atoms with E-state index in [2.05, 4.69) is 32.6 Å². The molecule has 4 rings (SSSR count). The molecule has 0 aliphatic carbocycles. The summed E-state index contributed by atoms with van der Waals surface area (Å²) in [5.74, 6) is 0.745. The number of ether oxygens (including phenoxy) is 1. The molecule has 4 heterocycles. The van der Waals surface area contributed by atoms with E-state index in [1.807, 2.05) is 30.1 Å². The van der Waals surface area contributed by atoms with Crippen LogP contribution in [-0.4, -0.2) is 51.0 Å². The minimum absolute atomic E-state index is 0.0628. The highest BCUT2D eigenvalue weighted by atomic mass is 16.5. The number of aromatic nitrogens is 3. The van der Waals surface area contributed by atoms with Crippen LogP contribution in [0.2, 0.25) is 0 Å². The van der Waals surface area contributed by atoms with Gasteiger partial charge in [0.1, 0.15) is 17.6 Å². The van der Waals surface area contributed by atoms with Gasteiger partial charge in [0.15, 0.2) is 0 Å². The predicted molar refractivity (Wildman–Crippen MR) is 92.8 cm³/mol. The van der Waals surface area contributed by atoms with Gasteiger partial charge in [-0.05, 0) is 18.6 Å². The fourth-order valence-corrected chi connectivity index (χ4v) is 3.88. The van der Waals surface area contributed by atoms with Gasteiger partial charge in [0.05, 0.1) is 24.4 Å². The molecule has 0 unspecified atom stereocenters. The number of hydrogen-bond donors (Lipinski definition) is 1. The van der Waals surface area contributed by atoms with Gasteiger partial charge in [0.25, 0.3) is 0 Å². The third-order valence-corrected chi connectivity index (χ3v) is 4.98. The van der Waals surface area contributed by atoms with Gasteiger partial charge >= 0.3 is 0 Å². The molecule has 7 heteroatoms. The van der Waals surface area contributed by atoms with Crippen LogP contribution in [0.4, 0.5) is 5.82 Å². The minimum atomic E-state index is -0.0628. The smallest absolute Gasteiger partial charge is 0.142 e. The molecular weight excluding hydrogens is 316 g/mol. The van der Waals surface area contributed by atoms with Gasteiger partial charge in [-0.15, -0.1) is 0 Å². The number of anilines is 1. The maximum atomic E-state index is 8.97. The summed E-state index contributed by atoms with van der Waals surface area (Å²) in [5.41, 5.74) is 1.61. The summed E-state index contributed by atoms with van der Waals surface area (Å²) in [6, 6.07) is 7.77. The average molecular weight is 338 g/mol. The molecule has 0 amide bonds. The normalized spacial score (nSPS) is 26.2. The highest BCUT2D eigenvalue weighted by Crippen LogP contribution is 2.36. The molecule has 2 aliphatic rings. The van der Waals surface area contributed by atoms with Crippen LogP contribution in [0.25, 0.3) is 0 Å². The Morgan fingerprint density at radius 3 is 3.20 bits per heavy atom. The number of nitriles is 1. The number of likely N-dealkylation sites (tertiary alicyclic amines) is 1. The van der Waals surface area contributed by atoms with Crippen molar-refractivity contribution in [1.29, 1.82) is 5.26 Å². The monoisotopic (exact) mass is 338 g/mol. The van der Waals surface area contributed by atoms with Gasteiger partial charge in [-0.2, -0.15) is 10.4 Å². The molecule has 0 bridgehead atoms. The summed E-state index contributed by atoms with van der Waals surface area (Å²) in [4.78, 5) is 6.73. The Bertz CT molecular complexity index is 797. The molecule has 1 N–H and O–H groups in total. The SMILES string of the molecule is Cn1cc(CN2CC[C@@]3(C[C@@H](Nc4cccc(C#N)n4)CO3)C2)cn1. The number of hydrogen-bond acceptors (Lipinski definition) is 6. The first-order chi connectivity index (χ1) is 12.1. The highest BCUT2D eigenvalue weighted by Gasteiger charge is 2.45. The van der Waals surface area contributed by atoms with Crippen molar-refractivity contribution >= 4 is 5.82 Å². The Labute approximate surface area is 147 Å². The minimum Gasteiger partial charge on any atom is -0.371 e. The molecule has 130 valence electrons. The zero-order valence-corrected chi connectivity index (χ0v) is 14.4. The fourth-order valence-electron chi connectivity index (χ4n) is 3.88. The van der Waals surface area contributed by atoms with Crippen LogP contribution in [0.15, 0.2) is 30.6 Å². The second-order valence-electron chi connectivity index (χ2n) is 7.04. The van der Waals surface area contributed by atoms with Crippen molar-refractivity contribution < 1.29 is 4.74 Å². The number of pyridine rings is 1. The van der Waals surface area contributed by atoms with Crippen molar-refractivity contribution in [1.82, 2.24) is 19.7 Å². The van der Waals surface area contributed by atoms with Crippen LogP contribution >= 0.6 is 0 Å². The molecule has 25 heavy (non-hydrogen) atoms. The topological polar surface area (TPSA) is 79.0 Å². The third-order valence-electron chi connectivity index (χ3n) is 4.98. The summed E-state index contributed by atoms with van der Waals surface area (Å²) in [7, 11) is 1.95. The molecule has 0 radical (unpaired) electrons.